The Kier molecular flexibility index (Phi) is 5.59. The van der Waals surface area contributed by atoms with Gasteiger partial charge in [0.1, 0.15) is 11.4 Å². The molecule has 1 atom stereocenters. The van der Waals surface area contributed by atoms with Gasteiger partial charge in [-0.05, 0) is 52.0 Å². The Morgan fingerprint density at radius 3 is 2.56 bits per heavy atom. The van der Waals surface area contributed by atoms with Gasteiger partial charge in [-0.2, -0.15) is 0 Å². The molecule has 0 saturated carbocycles. The molecule has 0 saturated heterocycles. The largest absolute Gasteiger partial charge is 0.490 e. The van der Waals surface area contributed by atoms with Crippen molar-refractivity contribution in [2.45, 2.75) is 45.8 Å². The van der Waals surface area contributed by atoms with E-state index in [9.17, 15) is 4.79 Å². The highest BCUT2D eigenvalue weighted by Crippen LogP contribution is 2.39. The molecular formula is C22H27NO4. The van der Waals surface area contributed by atoms with Crippen molar-refractivity contribution in [3.63, 3.8) is 0 Å². The molecule has 5 nitrogen and oxygen atoms in total. The summed E-state index contributed by atoms with van der Waals surface area (Å²) in [4.78, 5) is 12.9. The van der Waals surface area contributed by atoms with Crippen molar-refractivity contribution in [2.24, 2.45) is 0 Å². The average molecular weight is 369 g/mol. The smallest absolute Gasteiger partial charge is 0.251 e. The van der Waals surface area contributed by atoms with Gasteiger partial charge in [-0.3, -0.25) is 4.79 Å². The Balaban J connectivity index is 1.84. The van der Waals surface area contributed by atoms with Crippen molar-refractivity contribution in [1.82, 2.24) is 5.32 Å². The van der Waals surface area contributed by atoms with Crippen LogP contribution in [0.4, 0.5) is 0 Å². The Labute approximate surface area is 160 Å². The van der Waals surface area contributed by atoms with Crippen LogP contribution < -0.4 is 19.5 Å². The molecule has 0 aliphatic carbocycles. The summed E-state index contributed by atoms with van der Waals surface area (Å²) in [7, 11) is 0. The molecule has 1 aliphatic heterocycles. The molecule has 2 aromatic rings. The number of rotatable bonds is 6. The average Bonchev–Trinajstić information content (AvgIpc) is 2.62. The SMILES string of the molecule is CCOc1ccc(C(=O)NC2CC(C)(C)Oc3ccccc32)cc1OCC. The lowest BCUT2D eigenvalue weighted by Crippen LogP contribution is -2.41. The first-order valence-electron chi connectivity index (χ1n) is 9.42. The van der Waals surface area contributed by atoms with Gasteiger partial charge in [0.05, 0.1) is 19.3 Å². The van der Waals surface area contributed by atoms with E-state index in [1.54, 1.807) is 18.2 Å². The van der Waals surface area contributed by atoms with Crippen LogP contribution in [-0.2, 0) is 0 Å². The van der Waals surface area contributed by atoms with Gasteiger partial charge in [-0.25, -0.2) is 0 Å². The maximum absolute atomic E-state index is 12.9. The Hall–Kier alpha value is -2.69. The minimum absolute atomic E-state index is 0.112. The number of nitrogens with one attached hydrogen (secondary N) is 1. The van der Waals surface area contributed by atoms with Crippen molar-refractivity contribution < 1.29 is 19.0 Å². The molecule has 3 rings (SSSR count). The van der Waals surface area contributed by atoms with Gasteiger partial charge in [-0.15, -0.1) is 0 Å². The molecule has 1 unspecified atom stereocenters. The lowest BCUT2D eigenvalue weighted by atomic mass is 9.89. The number of carbonyl (C=O) groups excluding carboxylic acids is 1. The highest BCUT2D eigenvalue weighted by molar-refractivity contribution is 5.95. The van der Waals surface area contributed by atoms with Gasteiger partial charge < -0.3 is 19.5 Å². The van der Waals surface area contributed by atoms with E-state index in [-0.39, 0.29) is 17.6 Å². The number of hydrogen-bond donors (Lipinski definition) is 1. The molecule has 1 amide bonds. The van der Waals surface area contributed by atoms with E-state index in [0.717, 1.165) is 11.3 Å². The van der Waals surface area contributed by atoms with Crippen LogP contribution in [0.5, 0.6) is 17.2 Å². The third-order valence-electron chi connectivity index (χ3n) is 4.49. The molecule has 5 heteroatoms. The molecule has 0 fully saturated rings. The maximum atomic E-state index is 12.9. The van der Waals surface area contributed by atoms with E-state index < -0.39 is 0 Å². The first kappa shape index (κ1) is 19.1. The van der Waals surface area contributed by atoms with E-state index in [4.69, 9.17) is 14.2 Å². The van der Waals surface area contributed by atoms with Crippen LogP contribution in [0.3, 0.4) is 0 Å². The molecule has 2 aromatic carbocycles. The van der Waals surface area contributed by atoms with Crippen LogP contribution in [0, 0.1) is 0 Å². The van der Waals surface area contributed by atoms with Gasteiger partial charge in [0.15, 0.2) is 11.5 Å². The summed E-state index contributed by atoms with van der Waals surface area (Å²) in [6.07, 6.45) is 0.700. The van der Waals surface area contributed by atoms with Crippen LogP contribution in [0.25, 0.3) is 0 Å². The Morgan fingerprint density at radius 1 is 1.11 bits per heavy atom. The quantitative estimate of drug-likeness (QED) is 0.814. The Morgan fingerprint density at radius 2 is 1.81 bits per heavy atom. The summed E-state index contributed by atoms with van der Waals surface area (Å²) in [5.41, 5.74) is 1.20. The summed E-state index contributed by atoms with van der Waals surface area (Å²) in [6.45, 7) is 8.94. The number of hydrogen-bond acceptors (Lipinski definition) is 4. The molecule has 144 valence electrons. The Bertz CT molecular complexity index is 816. The number of carbonyl (C=O) groups is 1. The van der Waals surface area contributed by atoms with Crippen molar-refractivity contribution >= 4 is 5.91 Å². The summed E-state index contributed by atoms with van der Waals surface area (Å²) in [6, 6.07) is 13.0. The zero-order valence-corrected chi connectivity index (χ0v) is 16.4. The normalized spacial score (nSPS) is 17.4. The molecule has 0 spiro atoms. The molecule has 1 N–H and O–H groups in total. The molecular weight excluding hydrogens is 342 g/mol. The number of amides is 1. The third kappa shape index (κ3) is 4.35. The van der Waals surface area contributed by atoms with E-state index >= 15 is 0 Å². The van der Waals surface area contributed by atoms with Crippen molar-refractivity contribution in [2.75, 3.05) is 13.2 Å². The first-order valence-corrected chi connectivity index (χ1v) is 9.42. The third-order valence-corrected chi connectivity index (χ3v) is 4.49. The van der Waals surface area contributed by atoms with Crippen LogP contribution in [0.2, 0.25) is 0 Å². The van der Waals surface area contributed by atoms with Crippen LogP contribution in [-0.4, -0.2) is 24.7 Å². The van der Waals surface area contributed by atoms with E-state index in [0.29, 0.717) is 36.7 Å². The fraction of sp³-hybridized carbons (Fsp3) is 0.409. The second kappa shape index (κ2) is 7.91. The topological polar surface area (TPSA) is 56.8 Å². The summed E-state index contributed by atoms with van der Waals surface area (Å²) in [5.74, 6) is 1.91. The molecule has 0 radical (unpaired) electrons. The van der Waals surface area contributed by atoms with E-state index in [2.05, 4.69) is 5.32 Å². The number of benzene rings is 2. The highest BCUT2D eigenvalue weighted by atomic mass is 16.5. The molecule has 1 heterocycles. The first-order chi connectivity index (χ1) is 12.9. The lowest BCUT2D eigenvalue weighted by Gasteiger charge is -2.37. The van der Waals surface area contributed by atoms with Crippen molar-refractivity contribution in [3.05, 3.63) is 53.6 Å². The number of fused-ring (bicyclic) bond motifs is 1. The summed E-state index contributed by atoms with van der Waals surface area (Å²) in [5, 5.41) is 3.15. The molecule has 0 bridgehead atoms. The van der Waals surface area contributed by atoms with E-state index in [1.165, 1.54) is 0 Å². The van der Waals surface area contributed by atoms with Crippen molar-refractivity contribution in [3.8, 4) is 17.2 Å². The number of ether oxygens (including phenoxy) is 3. The van der Waals surface area contributed by atoms with Gasteiger partial charge >= 0.3 is 0 Å². The maximum Gasteiger partial charge on any atom is 0.251 e. The lowest BCUT2D eigenvalue weighted by molar-refractivity contribution is 0.0619. The second-order valence-corrected chi connectivity index (χ2v) is 7.16. The summed E-state index contributed by atoms with van der Waals surface area (Å²) < 4.78 is 17.3. The number of para-hydroxylation sites is 1. The fourth-order valence-electron chi connectivity index (χ4n) is 3.36. The minimum Gasteiger partial charge on any atom is -0.490 e. The second-order valence-electron chi connectivity index (χ2n) is 7.16. The van der Waals surface area contributed by atoms with Crippen LogP contribution in [0.15, 0.2) is 42.5 Å². The van der Waals surface area contributed by atoms with Crippen LogP contribution in [0.1, 0.15) is 56.1 Å². The zero-order valence-electron chi connectivity index (χ0n) is 16.4. The minimum atomic E-state index is -0.346. The van der Waals surface area contributed by atoms with Gasteiger partial charge in [0, 0.05) is 17.5 Å². The fourth-order valence-corrected chi connectivity index (χ4v) is 3.36. The zero-order chi connectivity index (χ0) is 19.4. The van der Waals surface area contributed by atoms with Gasteiger partial charge in [0.2, 0.25) is 0 Å². The van der Waals surface area contributed by atoms with Gasteiger partial charge in [0.25, 0.3) is 5.91 Å². The molecule has 1 aliphatic rings. The standard InChI is InChI=1S/C22H27NO4/c1-5-25-19-12-11-15(13-20(19)26-6-2)21(24)23-17-14-22(3,4)27-18-10-8-7-9-16(17)18/h7-13,17H,5-6,14H2,1-4H3,(H,23,24). The van der Waals surface area contributed by atoms with Crippen molar-refractivity contribution in [1.29, 1.82) is 0 Å². The monoisotopic (exact) mass is 369 g/mol. The molecule has 0 aromatic heterocycles. The predicted octanol–water partition coefficient (Wildman–Crippen LogP) is 4.52. The molecule has 27 heavy (non-hydrogen) atoms. The summed E-state index contributed by atoms with van der Waals surface area (Å²) >= 11 is 0. The van der Waals surface area contributed by atoms with E-state index in [1.807, 2.05) is 52.0 Å². The predicted molar refractivity (Wildman–Crippen MR) is 105 cm³/mol. The van der Waals surface area contributed by atoms with Gasteiger partial charge in [-0.1, -0.05) is 18.2 Å². The van der Waals surface area contributed by atoms with Crippen LogP contribution >= 0.6 is 0 Å². The highest BCUT2D eigenvalue weighted by Gasteiger charge is 2.34.